The van der Waals surface area contributed by atoms with E-state index in [1.54, 1.807) is 6.92 Å². The van der Waals surface area contributed by atoms with Crippen LogP contribution < -0.4 is 5.32 Å². The van der Waals surface area contributed by atoms with Gasteiger partial charge >= 0.3 is 12.0 Å². The number of hydrogen-bond acceptors (Lipinski definition) is 4. The molecule has 8 heteroatoms. The molecule has 0 fully saturated rings. The lowest BCUT2D eigenvalue weighted by atomic mass is 9.94. The zero-order valence-corrected chi connectivity index (χ0v) is 15.1. The van der Waals surface area contributed by atoms with Crippen molar-refractivity contribution in [3.63, 3.8) is 0 Å². The van der Waals surface area contributed by atoms with Crippen molar-refractivity contribution in [2.45, 2.75) is 13.0 Å². The maximum Gasteiger partial charge on any atom is 0.338 e. The topological polar surface area (TPSA) is 58.6 Å². The van der Waals surface area contributed by atoms with E-state index < -0.39 is 23.9 Å². The second-order valence-corrected chi connectivity index (χ2v) is 6.60. The Hall–Kier alpha value is -1.73. The number of nitrogens with one attached hydrogen (secondary N) is 1. The summed E-state index contributed by atoms with van der Waals surface area (Å²) in [4.78, 5) is 25.9. The van der Waals surface area contributed by atoms with E-state index in [1.165, 1.54) is 41.9 Å². The number of halogens is 2. The quantitative estimate of drug-likeness (QED) is 0.636. The van der Waals surface area contributed by atoms with Crippen molar-refractivity contribution in [1.29, 1.82) is 0 Å². The van der Waals surface area contributed by atoms with Gasteiger partial charge in [-0.05, 0) is 25.3 Å². The number of carbonyl (C=O) groups excluding carboxylic acids is 2. The SMILES string of the molecule is CSCCOC(=O)C1=C(C)N(C)C(=O)N[C@@H]1c1c(F)cccc1Cl. The molecule has 0 unspecified atom stereocenters. The van der Waals surface area contributed by atoms with Crippen LogP contribution in [0, 0.1) is 5.82 Å². The van der Waals surface area contributed by atoms with Gasteiger partial charge in [-0.3, -0.25) is 0 Å². The fourth-order valence-corrected chi connectivity index (χ4v) is 2.92. The summed E-state index contributed by atoms with van der Waals surface area (Å²) in [5.74, 6) is -0.553. The van der Waals surface area contributed by atoms with Gasteiger partial charge in [-0.15, -0.1) is 0 Å². The Morgan fingerprint density at radius 3 is 2.83 bits per heavy atom. The smallest absolute Gasteiger partial charge is 0.338 e. The van der Waals surface area contributed by atoms with Crippen molar-refractivity contribution >= 4 is 35.4 Å². The molecule has 0 spiro atoms. The van der Waals surface area contributed by atoms with E-state index in [1.807, 2.05) is 6.26 Å². The van der Waals surface area contributed by atoms with Crippen LogP contribution in [-0.4, -0.2) is 42.6 Å². The minimum absolute atomic E-state index is 0.0526. The van der Waals surface area contributed by atoms with Gasteiger partial charge in [-0.2, -0.15) is 11.8 Å². The first-order valence-corrected chi connectivity index (χ1v) is 9.00. The number of nitrogens with zero attached hydrogens (tertiary/aromatic N) is 1. The Kier molecular flexibility index (Phi) is 6.12. The first kappa shape index (κ1) is 18.6. The van der Waals surface area contributed by atoms with Gasteiger partial charge in [0, 0.05) is 29.1 Å². The lowest BCUT2D eigenvalue weighted by Gasteiger charge is -2.33. The van der Waals surface area contributed by atoms with E-state index in [0.29, 0.717) is 11.4 Å². The van der Waals surface area contributed by atoms with E-state index >= 15 is 0 Å². The van der Waals surface area contributed by atoms with E-state index in [4.69, 9.17) is 16.3 Å². The Labute approximate surface area is 149 Å². The van der Waals surface area contributed by atoms with Crippen LogP contribution in [0.25, 0.3) is 0 Å². The normalized spacial score (nSPS) is 17.8. The molecule has 0 saturated carbocycles. The van der Waals surface area contributed by atoms with E-state index in [0.717, 1.165) is 0 Å². The van der Waals surface area contributed by atoms with Crippen LogP contribution in [0.1, 0.15) is 18.5 Å². The van der Waals surface area contributed by atoms with Gasteiger partial charge in [-0.1, -0.05) is 17.7 Å². The molecule has 5 nitrogen and oxygen atoms in total. The molecule has 24 heavy (non-hydrogen) atoms. The third-order valence-electron chi connectivity index (χ3n) is 3.78. The molecule has 1 N–H and O–H groups in total. The summed E-state index contributed by atoms with van der Waals surface area (Å²) in [6.45, 7) is 1.85. The van der Waals surface area contributed by atoms with Gasteiger partial charge in [0.05, 0.1) is 11.6 Å². The highest BCUT2D eigenvalue weighted by molar-refractivity contribution is 7.98. The average Bonchev–Trinajstić information content (AvgIpc) is 2.52. The first-order valence-electron chi connectivity index (χ1n) is 7.23. The predicted molar refractivity (Wildman–Crippen MR) is 92.5 cm³/mol. The third kappa shape index (κ3) is 3.67. The minimum atomic E-state index is -0.996. The highest BCUT2D eigenvalue weighted by atomic mass is 35.5. The number of rotatable bonds is 5. The number of allylic oxidation sites excluding steroid dienone is 1. The van der Waals surface area contributed by atoms with Crippen molar-refractivity contribution in [1.82, 2.24) is 10.2 Å². The molecular weight excluding hydrogens is 355 g/mol. The Bertz CT molecular complexity index is 676. The minimum Gasteiger partial charge on any atom is -0.461 e. The van der Waals surface area contributed by atoms with Crippen molar-refractivity contribution < 1.29 is 18.7 Å². The molecule has 0 radical (unpaired) electrons. The van der Waals surface area contributed by atoms with Crippen molar-refractivity contribution in [3.8, 4) is 0 Å². The van der Waals surface area contributed by atoms with Crippen molar-refractivity contribution in [2.24, 2.45) is 0 Å². The second kappa shape index (κ2) is 7.90. The Morgan fingerprint density at radius 2 is 2.21 bits per heavy atom. The molecule has 1 aromatic carbocycles. The summed E-state index contributed by atoms with van der Waals surface area (Å²) < 4.78 is 19.5. The van der Waals surface area contributed by atoms with Crippen LogP contribution in [0.4, 0.5) is 9.18 Å². The molecule has 130 valence electrons. The van der Waals surface area contributed by atoms with Crippen molar-refractivity contribution in [2.75, 3.05) is 25.7 Å². The summed E-state index contributed by atoms with van der Waals surface area (Å²) in [7, 11) is 1.53. The Balaban J connectivity index is 2.47. The maximum absolute atomic E-state index is 14.3. The number of thioether (sulfide) groups is 1. The summed E-state index contributed by atoms with van der Waals surface area (Å²) in [5.41, 5.74) is 0.624. The molecule has 0 saturated heterocycles. The van der Waals surface area contributed by atoms with Gasteiger partial charge in [0.2, 0.25) is 0 Å². The molecule has 1 heterocycles. The highest BCUT2D eigenvalue weighted by Gasteiger charge is 2.37. The standard InChI is InChI=1S/C16H18ClFN2O3S/c1-9-12(15(21)23-7-8-24-3)14(19-16(22)20(9)2)13-10(17)5-4-6-11(13)18/h4-6,14H,7-8H2,1-3H3,(H,19,22)/t14-/m0/s1. The first-order chi connectivity index (χ1) is 11.4. The zero-order valence-electron chi connectivity index (χ0n) is 13.6. The fraction of sp³-hybridized carbons (Fsp3) is 0.375. The molecule has 0 bridgehead atoms. The van der Waals surface area contributed by atoms with Crippen LogP contribution in [-0.2, 0) is 9.53 Å². The number of ether oxygens (including phenoxy) is 1. The molecule has 0 aliphatic carbocycles. The number of urea groups is 1. The lowest BCUT2D eigenvalue weighted by molar-refractivity contribution is -0.139. The molecule has 1 aromatic rings. The Morgan fingerprint density at radius 1 is 1.50 bits per heavy atom. The number of hydrogen-bond donors (Lipinski definition) is 1. The van der Waals surface area contributed by atoms with E-state index in [-0.39, 0.29) is 22.8 Å². The van der Waals surface area contributed by atoms with Crippen LogP contribution >= 0.6 is 23.4 Å². The summed E-state index contributed by atoms with van der Waals surface area (Å²) in [6.07, 6.45) is 1.90. The van der Waals surface area contributed by atoms with E-state index in [9.17, 15) is 14.0 Å². The lowest BCUT2D eigenvalue weighted by Crippen LogP contribution is -2.46. The molecule has 0 aromatic heterocycles. The van der Waals surface area contributed by atoms with Crippen LogP contribution in [0.15, 0.2) is 29.5 Å². The summed E-state index contributed by atoms with van der Waals surface area (Å²) in [6, 6.07) is 2.76. The van der Waals surface area contributed by atoms with Crippen molar-refractivity contribution in [3.05, 3.63) is 45.9 Å². The largest absolute Gasteiger partial charge is 0.461 e. The number of amides is 2. The molecule has 1 aliphatic heterocycles. The van der Waals surface area contributed by atoms with Gasteiger partial charge in [-0.25, -0.2) is 14.0 Å². The summed E-state index contributed by atoms with van der Waals surface area (Å²) in [5, 5.41) is 2.75. The highest BCUT2D eigenvalue weighted by Crippen LogP contribution is 2.35. The van der Waals surface area contributed by atoms with Crippen LogP contribution in [0.3, 0.4) is 0 Å². The fourth-order valence-electron chi connectivity index (χ4n) is 2.40. The molecule has 2 rings (SSSR count). The molecule has 2 amide bonds. The van der Waals surface area contributed by atoms with Gasteiger partial charge in [0.25, 0.3) is 0 Å². The predicted octanol–water partition coefficient (Wildman–Crippen LogP) is 3.36. The molecule has 1 atom stereocenters. The van der Waals surface area contributed by atoms with Gasteiger partial charge in [0.1, 0.15) is 12.4 Å². The zero-order chi connectivity index (χ0) is 17.9. The summed E-state index contributed by atoms with van der Waals surface area (Å²) >= 11 is 7.65. The molecule has 1 aliphatic rings. The van der Waals surface area contributed by atoms with Gasteiger partial charge in [0.15, 0.2) is 0 Å². The van der Waals surface area contributed by atoms with Crippen LogP contribution in [0.5, 0.6) is 0 Å². The maximum atomic E-state index is 14.3. The monoisotopic (exact) mass is 372 g/mol. The second-order valence-electron chi connectivity index (χ2n) is 5.20. The third-order valence-corrected chi connectivity index (χ3v) is 4.69. The van der Waals surface area contributed by atoms with Crippen LogP contribution in [0.2, 0.25) is 5.02 Å². The average molecular weight is 373 g/mol. The number of benzene rings is 1. The van der Waals surface area contributed by atoms with E-state index in [2.05, 4.69) is 5.32 Å². The number of carbonyl (C=O) groups is 2. The van der Waals surface area contributed by atoms with Gasteiger partial charge < -0.3 is 15.0 Å². The number of esters is 1. The molecular formula is C16H18ClFN2O3S.